The number of likely N-dealkylation sites (tertiary alicyclic amines) is 1. The summed E-state index contributed by atoms with van der Waals surface area (Å²) in [5.41, 5.74) is 5.07. The van der Waals surface area contributed by atoms with Gasteiger partial charge in [0.2, 0.25) is 11.8 Å². The van der Waals surface area contributed by atoms with E-state index >= 15 is 0 Å². The van der Waals surface area contributed by atoms with E-state index in [4.69, 9.17) is 5.73 Å². The highest BCUT2D eigenvalue weighted by molar-refractivity contribution is 6.06. The molecule has 1 saturated carbocycles. The van der Waals surface area contributed by atoms with Crippen molar-refractivity contribution in [3.8, 4) is 0 Å². The standard InChI is InChI=1S/C14H24N2O2/c1-3-13(4-2)9-11(17)16(12(13)18)14(10-15)7-5-6-8-14/h3-10,15H2,1-2H3. The Morgan fingerprint density at radius 1 is 1.17 bits per heavy atom. The largest absolute Gasteiger partial charge is 0.328 e. The van der Waals surface area contributed by atoms with E-state index in [1.807, 2.05) is 13.8 Å². The van der Waals surface area contributed by atoms with Crippen molar-refractivity contribution in [3.05, 3.63) is 0 Å². The van der Waals surface area contributed by atoms with Crippen LogP contribution in [-0.4, -0.2) is 28.8 Å². The molecule has 1 aliphatic heterocycles. The highest BCUT2D eigenvalue weighted by Crippen LogP contribution is 2.46. The smallest absolute Gasteiger partial charge is 0.236 e. The number of carbonyl (C=O) groups excluding carboxylic acids is 2. The van der Waals surface area contributed by atoms with E-state index in [-0.39, 0.29) is 17.4 Å². The minimum atomic E-state index is -0.457. The molecule has 0 spiro atoms. The minimum Gasteiger partial charge on any atom is -0.328 e. The third-order valence-electron chi connectivity index (χ3n) is 5.14. The van der Waals surface area contributed by atoms with Crippen LogP contribution in [0.25, 0.3) is 0 Å². The lowest BCUT2D eigenvalue weighted by atomic mass is 9.80. The quantitative estimate of drug-likeness (QED) is 0.776. The Kier molecular flexibility index (Phi) is 3.49. The Bertz CT molecular complexity index is 355. The molecule has 4 heteroatoms. The van der Waals surface area contributed by atoms with Crippen molar-refractivity contribution < 1.29 is 9.59 Å². The van der Waals surface area contributed by atoms with Crippen molar-refractivity contribution in [2.45, 2.75) is 64.3 Å². The van der Waals surface area contributed by atoms with Gasteiger partial charge in [-0.05, 0) is 25.7 Å². The maximum atomic E-state index is 12.7. The lowest BCUT2D eigenvalue weighted by molar-refractivity contribution is -0.148. The maximum absolute atomic E-state index is 12.7. The Morgan fingerprint density at radius 2 is 1.72 bits per heavy atom. The minimum absolute atomic E-state index is 0.00366. The van der Waals surface area contributed by atoms with Crippen LogP contribution in [-0.2, 0) is 9.59 Å². The van der Waals surface area contributed by atoms with E-state index in [1.165, 1.54) is 0 Å². The molecule has 0 atom stereocenters. The second-order valence-corrected chi connectivity index (χ2v) is 5.83. The molecule has 0 aromatic carbocycles. The Morgan fingerprint density at radius 3 is 2.11 bits per heavy atom. The summed E-state index contributed by atoms with van der Waals surface area (Å²) in [6.07, 6.45) is 5.75. The Hall–Kier alpha value is -0.900. The molecule has 1 aliphatic carbocycles. The number of hydrogen-bond acceptors (Lipinski definition) is 3. The second kappa shape index (κ2) is 4.65. The molecule has 2 rings (SSSR count). The van der Waals surface area contributed by atoms with E-state index in [9.17, 15) is 9.59 Å². The average Bonchev–Trinajstić information content (AvgIpc) is 2.94. The van der Waals surface area contributed by atoms with Gasteiger partial charge in [-0.25, -0.2) is 0 Å². The Labute approximate surface area is 109 Å². The zero-order valence-corrected chi connectivity index (χ0v) is 11.5. The molecular weight excluding hydrogens is 228 g/mol. The van der Waals surface area contributed by atoms with Crippen LogP contribution in [0.3, 0.4) is 0 Å². The number of nitrogens with zero attached hydrogens (tertiary/aromatic N) is 1. The third kappa shape index (κ3) is 1.69. The van der Waals surface area contributed by atoms with Crippen molar-refractivity contribution in [1.29, 1.82) is 0 Å². The summed E-state index contributed by atoms with van der Waals surface area (Å²) in [4.78, 5) is 26.6. The molecule has 102 valence electrons. The van der Waals surface area contributed by atoms with Crippen LogP contribution in [0.4, 0.5) is 0 Å². The first-order valence-corrected chi connectivity index (χ1v) is 7.13. The van der Waals surface area contributed by atoms with Gasteiger partial charge in [-0.15, -0.1) is 0 Å². The van der Waals surface area contributed by atoms with Crippen LogP contribution in [0.15, 0.2) is 0 Å². The fraction of sp³-hybridized carbons (Fsp3) is 0.857. The predicted molar refractivity (Wildman–Crippen MR) is 69.7 cm³/mol. The number of hydrogen-bond donors (Lipinski definition) is 1. The summed E-state index contributed by atoms with van der Waals surface area (Å²) in [7, 11) is 0. The van der Waals surface area contributed by atoms with Gasteiger partial charge in [-0.2, -0.15) is 0 Å². The molecule has 0 bridgehead atoms. The molecule has 1 saturated heterocycles. The van der Waals surface area contributed by atoms with Crippen LogP contribution in [0, 0.1) is 5.41 Å². The van der Waals surface area contributed by atoms with Gasteiger partial charge in [-0.3, -0.25) is 14.5 Å². The van der Waals surface area contributed by atoms with Gasteiger partial charge in [0.15, 0.2) is 0 Å². The van der Waals surface area contributed by atoms with Crippen molar-refractivity contribution in [3.63, 3.8) is 0 Å². The van der Waals surface area contributed by atoms with Crippen molar-refractivity contribution in [2.75, 3.05) is 6.54 Å². The SMILES string of the molecule is CCC1(CC)CC(=O)N(C2(CN)CCCC2)C1=O. The molecule has 0 aromatic rings. The first-order chi connectivity index (χ1) is 8.55. The molecule has 2 amide bonds. The van der Waals surface area contributed by atoms with Crippen LogP contribution in [0.5, 0.6) is 0 Å². The summed E-state index contributed by atoms with van der Waals surface area (Å²) < 4.78 is 0. The normalized spacial score (nSPS) is 26.1. The molecule has 2 fully saturated rings. The molecule has 1 heterocycles. The summed E-state index contributed by atoms with van der Waals surface area (Å²) in [6, 6.07) is 0. The monoisotopic (exact) mass is 252 g/mol. The number of amides is 2. The molecule has 0 radical (unpaired) electrons. The van der Waals surface area contributed by atoms with Gasteiger partial charge >= 0.3 is 0 Å². The van der Waals surface area contributed by atoms with Crippen molar-refractivity contribution in [1.82, 2.24) is 4.90 Å². The van der Waals surface area contributed by atoms with E-state index in [1.54, 1.807) is 4.90 Å². The van der Waals surface area contributed by atoms with Gasteiger partial charge in [0.1, 0.15) is 0 Å². The van der Waals surface area contributed by atoms with Crippen LogP contribution < -0.4 is 5.73 Å². The van der Waals surface area contributed by atoms with Crippen LogP contribution >= 0.6 is 0 Å². The van der Waals surface area contributed by atoms with Crippen LogP contribution in [0.1, 0.15) is 58.8 Å². The predicted octanol–water partition coefficient (Wildman–Crippen LogP) is 1.82. The lowest BCUT2D eigenvalue weighted by Crippen LogP contribution is -2.55. The number of rotatable bonds is 4. The van der Waals surface area contributed by atoms with Crippen LogP contribution in [0.2, 0.25) is 0 Å². The molecule has 18 heavy (non-hydrogen) atoms. The maximum Gasteiger partial charge on any atom is 0.236 e. The summed E-state index contributed by atoms with van der Waals surface area (Å²) in [5, 5.41) is 0. The van der Waals surface area contributed by atoms with Gasteiger partial charge in [-0.1, -0.05) is 26.7 Å². The lowest BCUT2D eigenvalue weighted by Gasteiger charge is -2.37. The van der Waals surface area contributed by atoms with E-state index in [2.05, 4.69) is 0 Å². The Balaban J connectivity index is 2.34. The average molecular weight is 252 g/mol. The number of nitrogens with two attached hydrogens (primary N) is 1. The van der Waals surface area contributed by atoms with E-state index in [0.717, 1.165) is 38.5 Å². The molecule has 2 aliphatic rings. The zero-order valence-electron chi connectivity index (χ0n) is 11.5. The summed E-state index contributed by atoms with van der Waals surface area (Å²) >= 11 is 0. The molecule has 2 N–H and O–H groups in total. The van der Waals surface area contributed by atoms with E-state index < -0.39 is 5.41 Å². The first-order valence-electron chi connectivity index (χ1n) is 7.13. The van der Waals surface area contributed by atoms with E-state index in [0.29, 0.717) is 13.0 Å². The molecule has 4 nitrogen and oxygen atoms in total. The molecule has 0 unspecified atom stereocenters. The van der Waals surface area contributed by atoms with Gasteiger partial charge < -0.3 is 5.73 Å². The second-order valence-electron chi connectivity index (χ2n) is 5.83. The van der Waals surface area contributed by atoms with Gasteiger partial charge in [0.25, 0.3) is 0 Å². The topological polar surface area (TPSA) is 63.4 Å². The van der Waals surface area contributed by atoms with Crippen molar-refractivity contribution >= 4 is 11.8 Å². The fourth-order valence-electron chi connectivity index (χ4n) is 3.63. The van der Waals surface area contributed by atoms with Gasteiger partial charge in [0, 0.05) is 13.0 Å². The molecular formula is C14H24N2O2. The first kappa shape index (κ1) is 13.5. The fourth-order valence-corrected chi connectivity index (χ4v) is 3.63. The molecule has 0 aromatic heterocycles. The third-order valence-corrected chi connectivity index (χ3v) is 5.14. The van der Waals surface area contributed by atoms with Crippen molar-refractivity contribution in [2.24, 2.45) is 11.1 Å². The highest BCUT2D eigenvalue weighted by Gasteiger charge is 2.56. The summed E-state index contributed by atoms with van der Waals surface area (Å²) in [5.74, 6) is 0.0286. The summed E-state index contributed by atoms with van der Waals surface area (Å²) in [6.45, 7) is 4.41. The highest BCUT2D eigenvalue weighted by atomic mass is 16.2. The zero-order chi connectivity index (χ0) is 13.4. The number of imide groups is 1. The number of carbonyl (C=O) groups is 2. The van der Waals surface area contributed by atoms with Gasteiger partial charge in [0.05, 0.1) is 11.0 Å².